The van der Waals surface area contributed by atoms with E-state index in [4.69, 9.17) is 4.52 Å². The fourth-order valence-electron chi connectivity index (χ4n) is 2.73. The molecule has 134 valence electrons. The minimum Gasteiger partial charge on any atom is -0.345 e. The van der Waals surface area contributed by atoms with E-state index in [1.165, 1.54) is 0 Å². The summed E-state index contributed by atoms with van der Waals surface area (Å²) < 4.78 is 7.18. The zero-order valence-corrected chi connectivity index (χ0v) is 14.4. The van der Waals surface area contributed by atoms with Crippen molar-refractivity contribution >= 4 is 11.6 Å². The number of para-hydroxylation sites is 1. The third-order valence-electron chi connectivity index (χ3n) is 4.01. The first kappa shape index (κ1) is 16.7. The number of aromatic nitrogens is 4. The Morgan fingerprint density at radius 3 is 2.74 bits per heavy atom. The van der Waals surface area contributed by atoms with Gasteiger partial charge in [-0.05, 0) is 35.9 Å². The van der Waals surface area contributed by atoms with Crippen LogP contribution in [0.2, 0.25) is 0 Å². The summed E-state index contributed by atoms with van der Waals surface area (Å²) in [5, 5.41) is 6.95. The van der Waals surface area contributed by atoms with Gasteiger partial charge in [0.15, 0.2) is 0 Å². The highest BCUT2D eigenvalue weighted by atomic mass is 16.5. The summed E-state index contributed by atoms with van der Waals surface area (Å²) in [4.78, 5) is 20.8. The van der Waals surface area contributed by atoms with Crippen LogP contribution in [0.5, 0.6) is 0 Å². The van der Waals surface area contributed by atoms with Crippen molar-refractivity contribution < 1.29 is 9.32 Å². The predicted octanol–water partition coefficient (Wildman–Crippen LogP) is 3.16. The highest BCUT2D eigenvalue weighted by Crippen LogP contribution is 2.20. The van der Waals surface area contributed by atoms with Crippen molar-refractivity contribution in [3.63, 3.8) is 0 Å². The Morgan fingerprint density at radius 2 is 1.93 bits per heavy atom. The molecule has 1 amide bonds. The number of carbonyl (C=O) groups excluding carboxylic acids is 1. The van der Waals surface area contributed by atoms with E-state index < -0.39 is 0 Å². The van der Waals surface area contributed by atoms with E-state index in [1.54, 1.807) is 12.4 Å². The molecule has 0 unspecified atom stereocenters. The van der Waals surface area contributed by atoms with Gasteiger partial charge in [0.1, 0.15) is 6.54 Å². The van der Waals surface area contributed by atoms with Crippen LogP contribution in [0.25, 0.3) is 11.4 Å². The molecule has 0 aliphatic carbocycles. The van der Waals surface area contributed by atoms with E-state index in [2.05, 4.69) is 20.4 Å². The van der Waals surface area contributed by atoms with Crippen molar-refractivity contribution in [3.05, 3.63) is 84.8 Å². The molecule has 0 saturated heterocycles. The van der Waals surface area contributed by atoms with E-state index in [-0.39, 0.29) is 12.5 Å². The third kappa shape index (κ3) is 4.09. The number of nitrogens with one attached hydrogen (secondary N) is 1. The number of hydrogen-bond donors (Lipinski definition) is 1. The van der Waals surface area contributed by atoms with E-state index in [0.29, 0.717) is 18.1 Å². The van der Waals surface area contributed by atoms with Crippen LogP contribution in [0.4, 0.5) is 5.69 Å². The summed E-state index contributed by atoms with van der Waals surface area (Å²) in [6.45, 7) is 0.257. The van der Waals surface area contributed by atoms with Crippen molar-refractivity contribution in [1.82, 2.24) is 19.7 Å². The molecular weight excluding hydrogens is 342 g/mol. The summed E-state index contributed by atoms with van der Waals surface area (Å²) in [7, 11) is 0. The Morgan fingerprint density at radius 1 is 1.07 bits per heavy atom. The monoisotopic (exact) mass is 359 g/mol. The first-order valence-electron chi connectivity index (χ1n) is 8.49. The van der Waals surface area contributed by atoms with Gasteiger partial charge in [-0.15, -0.1) is 0 Å². The summed E-state index contributed by atoms with van der Waals surface area (Å²) in [6, 6.07) is 15.0. The number of carbonyl (C=O) groups is 1. The molecule has 1 N–H and O–H groups in total. The molecule has 27 heavy (non-hydrogen) atoms. The Balaban J connectivity index is 1.48. The molecule has 0 bridgehead atoms. The molecule has 7 nitrogen and oxygen atoms in total. The lowest BCUT2D eigenvalue weighted by Gasteiger charge is -2.10. The molecule has 0 spiro atoms. The number of benzene rings is 1. The van der Waals surface area contributed by atoms with Crippen molar-refractivity contribution in [2.75, 3.05) is 5.32 Å². The lowest BCUT2D eigenvalue weighted by Crippen LogP contribution is -2.18. The zero-order chi connectivity index (χ0) is 18.5. The first-order valence-corrected chi connectivity index (χ1v) is 8.49. The fourth-order valence-corrected chi connectivity index (χ4v) is 2.73. The van der Waals surface area contributed by atoms with Gasteiger partial charge in [0.25, 0.3) is 0 Å². The maximum absolute atomic E-state index is 12.3. The molecule has 3 aromatic heterocycles. The normalized spacial score (nSPS) is 10.7. The molecule has 0 aliphatic rings. The van der Waals surface area contributed by atoms with Gasteiger partial charge in [0.05, 0.1) is 6.42 Å². The van der Waals surface area contributed by atoms with E-state index in [1.807, 2.05) is 65.5 Å². The zero-order valence-electron chi connectivity index (χ0n) is 14.4. The largest absolute Gasteiger partial charge is 0.345 e. The smallest absolute Gasteiger partial charge is 0.244 e. The topological polar surface area (TPSA) is 85.8 Å². The Hall–Kier alpha value is -3.74. The summed E-state index contributed by atoms with van der Waals surface area (Å²) in [6.07, 6.45) is 7.50. The average molecular weight is 359 g/mol. The van der Waals surface area contributed by atoms with Crippen molar-refractivity contribution in [2.45, 2.75) is 13.0 Å². The minimum absolute atomic E-state index is 0.0970. The number of rotatable bonds is 6. The molecule has 0 fully saturated rings. The van der Waals surface area contributed by atoms with Gasteiger partial charge in [0.2, 0.25) is 17.6 Å². The second kappa shape index (κ2) is 7.65. The molecule has 7 heteroatoms. The van der Waals surface area contributed by atoms with Gasteiger partial charge in [-0.3, -0.25) is 9.78 Å². The minimum atomic E-state index is -0.0970. The molecule has 4 aromatic rings. The van der Waals surface area contributed by atoms with E-state index >= 15 is 0 Å². The van der Waals surface area contributed by atoms with Crippen molar-refractivity contribution in [1.29, 1.82) is 0 Å². The Kier molecular flexibility index (Phi) is 4.74. The summed E-state index contributed by atoms with van der Waals surface area (Å²) in [5.41, 5.74) is 2.43. The maximum atomic E-state index is 12.3. The van der Waals surface area contributed by atoms with Gasteiger partial charge in [0, 0.05) is 36.0 Å². The molecule has 4 rings (SSSR count). The second-order valence-electron chi connectivity index (χ2n) is 5.99. The number of amides is 1. The van der Waals surface area contributed by atoms with Crippen molar-refractivity contribution in [2.24, 2.45) is 0 Å². The van der Waals surface area contributed by atoms with Gasteiger partial charge in [-0.1, -0.05) is 23.4 Å². The van der Waals surface area contributed by atoms with Gasteiger partial charge in [-0.2, -0.15) is 4.98 Å². The van der Waals surface area contributed by atoms with Crippen LogP contribution in [-0.4, -0.2) is 25.6 Å². The van der Waals surface area contributed by atoms with Gasteiger partial charge >= 0.3 is 0 Å². The van der Waals surface area contributed by atoms with Crippen LogP contribution in [0.3, 0.4) is 0 Å². The van der Waals surface area contributed by atoms with Crippen molar-refractivity contribution in [3.8, 4) is 11.4 Å². The molecule has 0 radical (unpaired) electrons. The Labute approximate surface area is 155 Å². The molecule has 0 saturated carbocycles. The van der Waals surface area contributed by atoms with Crippen LogP contribution in [0, 0.1) is 0 Å². The van der Waals surface area contributed by atoms with Gasteiger partial charge in [-0.25, -0.2) is 0 Å². The number of pyridine rings is 1. The highest BCUT2D eigenvalue weighted by Gasteiger charge is 2.13. The second-order valence-corrected chi connectivity index (χ2v) is 5.99. The molecule has 0 atom stereocenters. The number of anilines is 1. The van der Waals surface area contributed by atoms with Crippen LogP contribution in [0.15, 0.2) is 77.8 Å². The summed E-state index contributed by atoms with van der Waals surface area (Å²) >= 11 is 0. The third-order valence-corrected chi connectivity index (χ3v) is 4.01. The average Bonchev–Trinajstić information content (AvgIpc) is 3.36. The highest BCUT2D eigenvalue weighted by molar-refractivity contribution is 5.91. The fraction of sp³-hybridized carbons (Fsp3) is 0.100. The van der Waals surface area contributed by atoms with Crippen LogP contribution in [-0.2, 0) is 17.8 Å². The number of hydrogen-bond acceptors (Lipinski definition) is 5. The van der Waals surface area contributed by atoms with Gasteiger partial charge < -0.3 is 14.4 Å². The predicted molar refractivity (Wildman–Crippen MR) is 99.8 cm³/mol. The molecular formula is C20H17N5O2. The molecule has 3 heterocycles. The summed E-state index contributed by atoms with van der Waals surface area (Å²) in [5.74, 6) is 0.869. The van der Waals surface area contributed by atoms with E-state index in [0.717, 1.165) is 16.8 Å². The maximum Gasteiger partial charge on any atom is 0.244 e. The first-order chi connectivity index (χ1) is 13.3. The lowest BCUT2D eigenvalue weighted by molar-refractivity contribution is -0.116. The standard InChI is InChI=1S/C20H17N5O2/c26-18(14-25-10-3-4-11-25)22-17-8-2-1-6-15(17)12-19-23-20(24-27-19)16-7-5-9-21-13-16/h1-11,13H,12,14H2,(H,22,26). The Bertz CT molecular complexity index is 1030. The van der Waals surface area contributed by atoms with Crippen LogP contribution in [0.1, 0.15) is 11.5 Å². The number of nitrogens with zero attached hydrogens (tertiary/aromatic N) is 4. The molecule has 0 aliphatic heterocycles. The quantitative estimate of drug-likeness (QED) is 0.571. The molecule has 1 aromatic carbocycles. The lowest BCUT2D eigenvalue weighted by atomic mass is 10.1. The van der Waals surface area contributed by atoms with E-state index in [9.17, 15) is 4.79 Å². The van der Waals surface area contributed by atoms with Crippen LogP contribution < -0.4 is 5.32 Å². The van der Waals surface area contributed by atoms with Crippen LogP contribution >= 0.6 is 0 Å². The SMILES string of the molecule is O=C(Cn1cccc1)Nc1ccccc1Cc1nc(-c2cccnc2)no1.